The molecule has 0 saturated carbocycles. The summed E-state index contributed by atoms with van der Waals surface area (Å²) in [4.78, 5) is 82.6. The van der Waals surface area contributed by atoms with Gasteiger partial charge in [0.05, 0.1) is 23.6 Å². The first-order valence-corrected chi connectivity index (χ1v) is 20.3. The van der Waals surface area contributed by atoms with Crippen LogP contribution in [0.25, 0.3) is 11.1 Å². The third kappa shape index (κ3) is 11.6. The molecule has 61 heavy (non-hydrogen) atoms. The highest BCUT2D eigenvalue weighted by molar-refractivity contribution is 7.09. The summed E-state index contributed by atoms with van der Waals surface area (Å²) in [5, 5.41) is 53.7. The van der Waals surface area contributed by atoms with E-state index >= 15 is 0 Å². The zero-order chi connectivity index (χ0) is 43.5. The van der Waals surface area contributed by atoms with Crippen LogP contribution < -0.4 is 21.3 Å². The number of benzene rings is 4. The SMILES string of the molecule is N#Cc1ccccc1C[C@H]1NC(=O)[C@H](Cc2ccc(-c3ccccc3)cc2)NC(=O)[C@@H](Cc2cccs2)NC(=O)[C@H](O)[C@@H](O)C(=O)Nc2ccc(cc2)C[C@@H](C(=O)O)CC1=O. The van der Waals surface area contributed by atoms with Gasteiger partial charge in [-0.05, 0) is 63.9 Å². The number of aliphatic hydroxyl groups excluding tert-OH is 2. The van der Waals surface area contributed by atoms with Gasteiger partial charge in [0, 0.05) is 36.2 Å². The van der Waals surface area contributed by atoms with E-state index in [1.807, 2.05) is 42.5 Å². The first-order valence-electron chi connectivity index (χ1n) is 19.5. The van der Waals surface area contributed by atoms with Gasteiger partial charge in [-0.1, -0.05) is 91.0 Å². The maximum absolute atomic E-state index is 14.5. The standard InChI is InChI=1S/C46H43N5O9S/c47-26-32-10-5-4-9-31(32)23-36-39(52)24-33(46(59)60)21-27-14-18-34(19-15-27)48-44(57)40(53)41(54)45(58)51-38(25-35-11-6-20-61-35)43(56)50-37(42(55)49-36)22-28-12-16-30(17-13-28)29-7-2-1-3-8-29/h1-20,33,36-38,40-41,53-54H,21-25H2,(H,48,57)(H,49,55)(H,50,56)(H,51,58)(H,59,60)/t33-,36-,37+,38-,40-,41-/m1/s1. The van der Waals surface area contributed by atoms with E-state index in [-0.39, 0.29) is 36.9 Å². The number of fused-ring (bicyclic) bond motifs is 18. The van der Waals surface area contributed by atoms with Crippen molar-refractivity contribution in [1.29, 1.82) is 5.26 Å². The zero-order valence-electron chi connectivity index (χ0n) is 32.7. The lowest BCUT2D eigenvalue weighted by Crippen LogP contribution is -2.59. The van der Waals surface area contributed by atoms with Crippen molar-refractivity contribution in [3.05, 3.63) is 148 Å². The molecule has 7 rings (SSSR count). The average Bonchev–Trinajstić information content (AvgIpc) is 3.79. The van der Waals surface area contributed by atoms with Gasteiger partial charge < -0.3 is 36.6 Å². The predicted molar refractivity (Wildman–Crippen MR) is 226 cm³/mol. The van der Waals surface area contributed by atoms with Crippen LogP contribution in [0.5, 0.6) is 0 Å². The molecule has 2 aliphatic heterocycles. The van der Waals surface area contributed by atoms with Crippen molar-refractivity contribution in [3.63, 3.8) is 0 Å². The molecular weight excluding hydrogens is 799 g/mol. The molecule has 2 bridgehead atoms. The van der Waals surface area contributed by atoms with Crippen molar-refractivity contribution in [3.8, 4) is 17.2 Å². The summed E-state index contributed by atoms with van der Waals surface area (Å²) in [6, 6.07) is 30.6. The smallest absolute Gasteiger partial charge is 0.307 e. The van der Waals surface area contributed by atoms with Crippen LogP contribution in [-0.4, -0.2) is 81.0 Å². The molecule has 4 amide bonds. The van der Waals surface area contributed by atoms with Gasteiger partial charge in [-0.25, -0.2) is 0 Å². The Balaban J connectivity index is 1.39. The number of aliphatic carboxylic acids is 1. The number of nitrogens with one attached hydrogen (secondary N) is 4. The molecule has 14 nitrogen and oxygen atoms in total. The Morgan fingerprint density at radius 2 is 1.25 bits per heavy atom. The van der Waals surface area contributed by atoms with Crippen molar-refractivity contribution in [2.45, 2.75) is 62.4 Å². The number of carboxylic acids is 1. The number of nitriles is 1. The molecule has 15 heteroatoms. The summed E-state index contributed by atoms with van der Waals surface area (Å²) in [5.74, 6) is -7.20. The fourth-order valence-electron chi connectivity index (χ4n) is 6.97. The lowest BCUT2D eigenvalue weighted by Gasteiger charge is -2.27. The van der Waals surface area contributed by atoms with Gasteiger partial charge in [0.25, 0.3) is 11.8 Å². The Morgan fingerprint density at radius 3 is 1.90 bits per heavy atom. The number of rotatable bonds is 8. The first-order chi connectivity index (χ1) is 29.4. The Kier molecular flexibility index (Phi) is 14.5. The Hall–Kier alpha value is -6.99. The number of Topliss-reactive ketones (excluding diaryl/α,β-unsaturated/α-hetero) is 1. The Morgan fingerprint density at radius 1 is 0.639 bits per heavy atom. The summed E-state index contributed by atoms with van der Waals surface area (Å²) in [6.07, 6.45) is -5.56. The van der Waals surface area contributed by atoms with E-state index in [0.29, 0.717) is 21.6 Å². The molecule has 0 saturated heterocycles. The molecule has 2 aliphatic rings. The number of aliphatic hydroxyl groups is 2. The highest BCUT2D eigenvalue weighted by Gasteiger charge is 2.36. The first kappa shape index (κ1) is 43.6. The second kappa shape index (κ2) is 20.3. The number of thiophene rings is 1. The maximum atomic E-state index is 14.5. The third-order valence-electron chi connectivity index (χ3n) is 10.4. The summed E-state index contributed by atoms with van der Waals surface area (Å²) in [7, 11) is 0. The van der Waals surface area contributed by atoms with E-state index in [0.717, 1.165) is 11.1 Å². The third-order valence-corrected chi connectivity index (χ3v) is 11.3. The normalized spacial score (nSPS) is 21.8. The van der Waals surface area contributed by atoms with Crippen molar-refractivity contribution in [2.75, 3.05) is 5.32 Å². The van der Waals surface area contributed by atoms with Crippen molar-refractivity contribution >= 4 is 52.4 Å². The molecular formula is C46H43N5O9S. The summed E-state index contributed by atoms with van der Waals surface area (Å²) < 4.78 is 0. The summed E-state index contributed by atoms with van der Waals surface area (Å²) in [5.41, 5.74) is 3.77. The maximum Gasteiger partial charge on any atom is 0.307 e. The van der Waals surface area contributed by atoms with Crippen molar-refractivity contribution in [1.82, 2.24) is 16.0 Å². The van der Waals surface area contributed by atoms with Crippen molar-refractivity contribution in [2.24, 2.45) is 5.92 Å². The monoisotopic (exact) mass is 841 g/mol. The van der Waals surface area contributed by atoms with Gasteiger partial charge in [0.1, 0.15) is 12.1 Å². The van der Waals surface area contributed by atoms with E-state index in [1.54, 1.807) is 53.9 Å². The van der Waals surface area contributed by atoms with Gasteiger partial charge in [0.2, 0.25) is 11.8 Å². The largest absolute Gasteiger partial charge is 0.481 e. The lowest BCUT2D eigenvalue weighted by molar-refractivity contribution is -0.145. The van der Waals surface area contributed by atoms with Crippen LogP contribution in [0.1, 0.15) is 33.6 Å². The lowest BCUT2D eigenvalue weighted by atomic mass is 9.89. The topological polar surface area (TPSA) is 235 Å². The molecule has 6 atom stereocenters. The Bertz CT molecular complexity index is 2400. The highest BCUT2D eigenvalue weighted by Crippen LogP contribution is 2.22. The number of carbonyl (C=O) groups is 6. The van der Waals surface area contributed by atoms with Crippen LogP contribution in [0.2, 0.25) is 0 Å². The van der Waals surface area contributed by atoms with E-state index in [1.165, 1.54) is 35.6 Å². The van der Waals surface area contributed by atoms with E-state index in [4.69, 9.17) is 0 Å². The van der Waals surface area contributed by atoms with Crippen molar-refractivity contribution < 1.29 is 44.1 Å². The van der Waals surface area contributed by atoms with Gasteiger partial charge in [-0.3, -0.25) is 28.8 Å². The number of nitrogens with zero attached hydrogens (tertiary/aromatic N) is 1. The van der Waals surface area contributed by atoms with Crippen LogP contribution in [0, 0.1) is 17.2 Å². The fourth-order valence-corrected chi connectivity index (χ4v) is 7.72. The molecule has 0 radical (unpaired) electrons. The molecule has 5 aromatic rings. The quantitative estimate of drug-likeness (QED) is 0.113. The molecule has 0 aliphatic carbocycles. The zero-order valence-corrected chi connectivity index (χ0v) is 33.5. The number of anilines is 1. The second-order valence-electron chi connectivity index (χ2n) is 14.7. The van der Waals surface area contributed by atoms with Gasteiger partial charge in [-0.15, -0.1) is 11.3 Å². The molecule has 7 N–H and O–H groups in total. The van der Waals surface area contributed by atoms with E-state index in [2.05, 4.69) is 27.3 Å². The number of ketones is 1. The Labute approximate surface area is 355 Å². The fraction of sp³-hybridized carbons (Fsp3) is 0.239. The van der Waals surface area contributed by atoms with Crippen LogP contribution in [-0.2, 0) is 54.5 Å². The van der Waals surface area contributed by atoms with Gasteiger partial charge in [-0.2, -0.15) is 5.26 Å². The number of amides is 4. The van der Waals surface area contributed by atoms with Crippen LogP contribution in [0.4, 0.5) is 5.69 Å². The minimum Gasteiger partial charge on any atom is -0.481 e. The number of carboxylic acid groups (broad SMARTS) is 1. The predicted octanol–water partition coefficient (Wildman–Crippen LogP) is 3.35. The van der Waals surface area contributed by atoms with Crippen LogP contribution in [0.3, 0.4) is 0 Å². The molecule has 1 aromatic heterocycles. The number of carbonyl (C=O) groups excluding carboxylic acids is 5. The summed E-state index contributed by atoms with van der Waals surface area (Å²) >= 11 is 1.28. The number of hydrogen-bond donors (Lipinski definition) is 7. The molecule has 312 valence electrons. The highest BCUT2D eigenvalue weighted by atomic mass is 32.1. The average molecular weight is 842 g/mol. The van der Waals surface area contributed by atoms with Gasteiger partial charge >= 0.3 is 5.97 Å². The molecule has 0 unspecified atom stereocenters. The minimum absolute atomic E-state index is 0.0979. The number of hydrogen-bond acceptors (Lipinski definition) is 10. The van der Waals surface area contributed by atoms with Gasteiger partial charge in [0.15, 0.2) is 18.0 Å². The van der Waals surface area contributed by atoms with Crippen LogP contribution in [0.15, 0.2) is 121 Å². The molecule has 0 spiro atoms. The minimum atomic E-state index is -2.31. The molecule has 3 heterocycles. The van der Waals surface area contributed by atoms with E-state index < -0.39 is 78.1 Å². The van der Waals surface area contributed by atoms with E-state index in [9.17, 15) is 49.3 Å². The van der Waals surface area contributed by atoms with Crippen LogP contribution >= 0.6 is 11.3 Å². The second-order valence-corrected chi connectivity index (χ2v) is 15.7. The molecule has 0 fully saturated rings. The summed E-state index contributed by atoms with van der Waals surface area (Å²) in [6.45, 7) is 0. The molecule has 4 aromatic carbocycles.